The summed E-state index contributed by atoms with van der Waals surface area (Å²) in [6, 6.07) is 0. The van der Waals surface area contributed by atoms with E-state index in [-0.39, 0.29) is 0 Å². The highest BCUT2D eigenvalue weighted by molar-refractivity contribution is 5.52. The normalized spacial score (nSPS) is 15.5. The van der Waals surface area contributed by atoms with Gasteiger partial charge in [0.1, 0.15) is 11.5 Å². The molecular weight excluding hydrogens is 314 g/mol. The number of imidazole rings is 1. The summed E-state index contributed by atoms with van der Waals surface area (Å²) in [6.45, 7) is 2.02. The van der Waals surface area contributed by atoms with E-state index in [0.717, 1.165) is 55.3 Å². The summed E-state index contributed by atoms with van der Waals surface area (Å²) in [4.78, 5) is 24.2. The number of hydrogen-bond acceptors (Lipinski definition) is 6. The lowest BCUT2D eigenvalue weighted by Crippen LogP contribution is -2.35. The molecule has 0 amide bonds. The second-order valence-corrected chi connectivity index (χ2v) is 6.48. The van der Waals surface area contributed by atoms with Crippen molar-refractivity contribution < 1.29 is 0 Å². The molecule has 3 aromatic rings. The topological polar surface area (TPSA) is 72.6 Å². The van der Waals surface area contributed by atoms with Crippen molar-refractivity contribution in [3.8, 4) is 11.4 Å². The van der Waals surface area contributed by atoms with Crippen LogP contribution in [-0.4, -0.2) is 42.6 Å². The monoisotopic (exact) mass is 335 g/mol. The molecule has 3 aromatic heterocycles. The van der Waals surface area contributed by atoms with Gasteiger partial charge in [-0.1, -0.05) is 0 Å². The summed E-state index contributed by atoms with van der Waals surface area (Å²) in [6.07, 6.45) is 15.8. The summed E-state index contributed by atoms with van der Waals surface area (Å²) in [7, 11) is 1.97. The van der Waals surface area contributed by atoms with Crippen LogP contribution >= 0.6 is 0 Å². The first-order chi connectivity index (χ1) is 12.3. The molecule has 1 aliphatic heterocycles. The van der Waals surface area contributed by atoms with Crippen LogP contribution in [0.1, 0.15) is 18.5 Å². The van der Waals surface area contributed by atoms with Crippen molar-refractivity contribution in [2.45, 2.75) is 19.3 Å². The third-order valence-corrected chi connectivity index (χ3v) is 4.75. The maximum atomic E-state index is 4.79. The third kappa shape index (κ3) is 3.50. The van der Waals surface area contributed by atoms with Crippen molar-refractivity contribution in [1.82, 2.24) is 29.5 Å². The first kappa shape index (κ1) is 15.7. The second kappa shape index (κ2) is 6.96. The van der Waals surface area contributed by atoms with Crippen LogP contribution < -0.4 is 4.90 Å². The van der Waals surface area contributed by atoms with Gasteiger partial charge in [0.15, 0.2) is 0 Å². The van der Waals surface area contributed by atoms with E-state index in [1.807, 2.05) is 30.2 Å². The molecule has 0 bridgehead atoms. The van der Waals surface area contributed by atoms with E-state index in [1.165, 1.54) is 0 Å². The van der Waals surface area contributed by atoms with Crippen LogP contribution in [0, 0.1) is 5.92 Å². The maximum Gasteiger partial charge on any atom is 0.147 e. The number of hydrogen-bond donors (Lipinski definition) is 0. The molecule has 0 spiro atoms. The van der Waals surface area contributed by atoms with E-state index in [0.29, 0.717) is 5.92 Å². The minimum Gasteiger partial charge on any atom is -0.355 e. The Morgan fingerprint density at radius 1 is 1.00 bits per heavy atom. The predicted molar refractivity (Wildman–Crippen MR) is 94.9 cm³/mol. The van der Waals surface area contributed by atoms with E-state index in [2.05, 4.69) is 24.8 Å². The molecule has 1 aliphatic rings. The third-order valence-electron chi connectivity index (χ3n) is 4.75. The van der Waals surface area contributed by atoms with Crippen molar-refractivity contribution in [3.63, 3.8) is 0 Å². The quantitative estimate of drug-likeness (QED) is 0.727. The van der Waals surface area contributed by atoms with Crippen LogP contribution in [0.2, 0.25) is 0 Å². The van der Waals surface area contributed by atoms with E-state index in [4.69, 9.17) is 4.98 Å². The molecule has 1 fully saturated rings. The number of nitrogens with zero attached hydrogens (tertiary/aromatic N) is 7. The summed E-state index contributed by atoms with van der Waals surface area (Å²) < 4.78 is 1.97. The SMILES string of the molecule is Cn1cncc1-c1cncc(CC2CCN(c3cnccn3)CC2)n1. The van der Waals surface area contributed by atoms with Crippen molar-refractivity contribution in [2.75, 3.05) is 18.0 Å². The molecule has 4 heterocycles. The Kier molecular flexibility index (Phi) is 4.37. The van der Waals surface area contributed by atoms with Crippen molar-refractivity contribution in [2.24, 2.45) is 13.0 Å². The zero-order chi connectivity index (χ0) is 17.1. The number of piperidine rings is 1. The lowest BCUT2D eigenvalue weighted by Gasteiger charge is -2.32. The molecule has 4 rings (SSSR count). The summed E-state index contributed by atoms with van der Waals surface area (Å²) in [5.74, 6) is 1.60. The predicted octanol–water partition coefficient (Wildman–Crippen LogP) is 2.13. The van der Waals surface area contributed by atoms with E-state index in [1.54, 1.807) is 24.9 Å². The minimum atomic E-state index is 0.629. The number of aryl methyl sites for hydroxylation is 1. The van der Waals surface area contributed by atoms with Crippen LogP contribution in [0.4, 0.5) is 5.82 Å². The van der Waals surface area contributed by atoms with Gasteiger partial charge >= 0.3 is 0 Å². The fourth-order valence-corrected chi connectivity index (χ4v) is 3.35. The fourth-order valence-electron chi connectivity index (χ4n) is 3.35. The Bertz CT molecular complexity index is 822. The highest BCUT2D eigenvalue weighted by atomic mass is 15.2. The molecular formula is C18H21N7. The molecule has 0 aliphatic carbocycles. The molecule has 128 valence electrons. The van der Waals surface area contributed by atoms with E-state index in [9.17, 15) is 0 Å². The largest absolute Gasteiger partial charge is 0.355 e. The standard InChI is InChI=1S/C18H21N7/c1-24-13-21-11-17(24)16-10-20-9-15(23-16)8-14-2-6-25(7-3-14)18-12-19-4-5-22-18/h4-5,9-14H,2-3,6-8H2,1H3. The highest BCUT2D eigenvalue weighted by Gasteiger charge is 2.21. The molecule has 0 unspecified atom stereocenters. The van der Waals surface area contributed by atoms with Gasteiger partial charge in [-0.05, 0) is 25.2 Å². The Morgan fingerprint density at radius 3 is 2.60 bits per heavy atom. The number of rotatable bonds is 4. The molecule has 0 radical (unpaired) electrons. The van der Waals surface area contributed by atoms with Crippen LogP contribution in [0.15, 0.2) is 43.5 Å². The second-order valence-electron chi connectivity index (χ2n) is 6.48. The van der Waals surface area contributed by atoms with Gasteiger partial charge in [-0.25, -0.2) is 15.0 Å². The van der Waals surface area contributed by atoms with Gasteiger partial charge < -0.3 is 9.47 Å². The van der Waals surface area contributed by atoms with E-state index < -0.39 is 0 Å². The Hall–Kier alpha value is -2.83. The first-order valence-corrected chi connectivity index (χ1v) is 8.58. The van der Waals surface area contributed by atoms with Crippen LogP contribution in [-0.2, 0) is 13.5 Å². The molecule has 0 aromatic carbocycles. The Morgan fingerprint density at radius 2 is 1.88 bits per heavy atom. The smallest absolute Gasteiger partial charge is 0.147 e. The maximum absolute atomic E-state index is 4.79. The van der Waals surface area contributed by atoms with Gasteiger partial charge in [0.2, 0.25) is 0 Å². The fraction of sp³-hybridized carbons (Fsp3) is 0.389. The van der Waals surface area contributed by atoms with E-state index >= 15 is 0 Å². The van der Waals surface area contributed by atoms with Gasteiger partial charge in [0.05, 0.1) is 36.3 Å². The van der Waals surface area contributed by atoms with Crippen molar-refractivity contribution >= 4 is 5.82 Å². The Balaban J connectivity index is 1.40. The average molecular weight is 335 g/mol. The van der Waals surface area contributed by atoms with Gasteiger partial charge in [-0.15, -0.1) is 0 Å². The summed E-state index contributed by atoms with van der Waals surface area (Å²) in [5, 5.41) is 0. The van der Waals surface area contributed by atoms with Gasteiger partial charge in [0.25, 0.3) is 0 Å². The molecule has 1 saturated heterocycles. The first-order valence-electron chi connectivity index (χ1n) is 8.58. The van der Waals surface area contributed by atoms with Crippen molar-refractivity contribution in [3.05, 3.63) is 49.2 Å². The Labute approximate surface area is 146 Å². The molecule has 7 nitrogen and oxygen atoms in total. The molecule has 0 atom stereocenters. The van der Waals surface area contributed by atoms with Crippen LogP contribution in [0.25, 0.3) is 11.4 Å². The van der Waals surface area contributed by atoms with Gasteiger partial charge in [0, 0.05) is 38.7 Å². The molecule has 0 N–H and O–H groups in total. The van der Waals surface area contributed by atoms with Gasteiger partial charge in [-0.2, -0.15) is 0 Å². The highest BCUT2D eigenvalue weighted by Crippen LogP contribution is 2.24. The number of aromatic nitrogens is 6. The summed E-state index contributed by atoms with van der Waals surface area (Å²) >= 11 is 0. The van der Waals surface area contributed by atoms with Crippen LogP contribution in [0.5, 0.6) is 0 Å². The molecule has 0 saturated carbocycles. The summed E-state index contributed by atoms with van der Waals surface area (Å²) in [5.41, 5.74) is 2.93. The average Bonchev–Trinajstić information content (AvgIpc) is 3.09. The van der Waals surface area contributed by atoms with Crippen LogP contribution in [0.3, 0.4) is 0 Å². The lowest BCUT2D eigenvalue weighted by atomic mass is 9.92. The minimum absolute atomic E-state index is 0.629. The molecule has 7 heteroatoms. The lowest BCUT2D eigenvalue weighted by molar-refractivity contribution is 0.398. The zero-order valence-electron chi connectivity index (χ0n) is 14.3. The van der Waals surface area contributed by atoms with Gasteiger partial charge in [-0.3, -0.25) is 9.97 Å². The van der Waals surface area contributed by atoms with Crippen molar-refractivity contribution in [1.29, 1.82) is 0 Å². The molecule has 25 heavy (non-hydrogen) atoms. The number of anilines is 1. The zero-order valence-corrected chi connectivity index (χ0v) is 14.3.